The molecule has 1 aromatic heterocycles. The normalized spacial score (nSPS) is 23.3. The fourth-order valence-electron chi connectivity index (χ4n) is 1.84. The predicted molar refractivity (Wildman–Crippen MR) is 55.7 cm³/mol. The molecule has 3 heteroatoms. The van der Waals surface area contributed by atoms with E-state index in [9.17, 15) is 0 Å². The highest BCUT2D eigenvalue weighted by molar-refractivity contribution is 9.10. The molecule has 1 N–H and O–H groups in total. The Hall–Kier alpha value is -0.280. The number of nitrogens with one attached hydrogen (secondary N) is 1. The molecule has 13 heavy (non-hydrogen) atoms. The van der Waals surface area contributed by atoms with Crippen molar-refractivity contribution < 1.29 is 4.42 Å². The lowest BCUT2D eigenvalue weighted by atomic mass is 9.95. The summed E-state index contributed by atoms with van der Waals surface area (Å²) in [4.78, 5) is 0. The van der Waals surface area contributed by atoms with Crippen molar-refractivity contribution >= 4 is 15.9 Å². The van der Waals surface area contributed by atoms with E-state index in [0.717, 1.165) is 29.1 Å². The van der Waals surface area contributed by atoms with Gasteiger partial charge in [0.2, 0.25) is 0 Å². The van der Waals surface area contributed by atoms with Gasteiger partial charge in [0.05, 0.1) is 4.47 Å². The van der Waals surface area contributed by atoms with Gasteiger partial charge >= 0.3 is 0 Å². The Labute approximate surface area is 86.8 Å². The molecule has 1 atom stereocenters. The third-order valence-electron chi connectivity index (χ3n) is 2.51. The zero-order valence-corrected chi connectivity index (χ0v) is 9.14. The number of halogens is 1. The molecule has 2 rings (SSSR count). The summed E-state index contributed by atoms with van der Waals surface area (Å²) in [7, 11) is 0. The maximum atomic E-state index is 5.39. The van der Waals surface area contributed by atoms with Gasteiger partial charge in [-0.3, -0.25) is 0 Å². The van der Waals surface area contributed by atoms with Gasteiger partial charge in [-0.05, 0) is 53.8 Å². The number of rotatable bonds is 2. The molecular weight excluding hydrogens is 230 g/mol. The maximum Gasteiger partial charge on any atom is 0.105 e. The van der Waals surface area contributed by atoms with Crippen molar-refractivity contribution in [1.82, 2.24) is 5.32 Å². The Balaban J connectivity index is 1.89. The summed E-state index contributed by atoms with van der Waals surface area (Å²) < 4.78 is 6.44. The van der Waals surface area contributed by atoms with Gasteiger partial charge in [-0.25, -0.2) is 0 Å². The average molecular weight is 244 g/mol. The quantitative estimate of drug-likeness (QED) is 0.864. The van der Waals surface area contributed by atoms with Crippen LogP contribution in [0.1, 0.15) is 18.6 Å². The smallest absolute Gasteiger partial charge is 0.105 e. The van der Waals surface area contributed by atoms with E-state index in [4.69, 9.17) is 4.42 Å². The Morgan fingerprint density at radius 2 is 2.54 bits per heavy atom. The average Bonchev–Trinajstić information content (AvgIpc) is 2.53. The molecule has 1 aliphatic heterocycles. The number of hydrogen-bond acceptors (Lipinski definition) is 2. The summed E-state index contributed by atoms with van der Waals surface area (Å²) in [5.74, 6) is 1.85. The second-order valence-electron chi connectivity index (χ2n) is 3.65. The monoisotopic (exact) mass is 243 g/mol. The van der Waals surface area contributed by atoms with Crippen LogP contribution in [0.15, 0.2) is 21.2 Å². The number of furan rings is 1. The minimum Gasteiger partial charge on any atom is -0.468 e. The van der Waals surface area contributed by atoms with Crippen molar-refractivity contribution in [3.05, 3.63) is 22.6 Å². The van der Waals surface area contributed by atoms with E-state index in [0.29, 0.717) is 0 Å². The molecule has 72 valence electrons. The van der Waals surface area contributed by atoms with Crippen molar-refractivity contribution in [2.45, 2.75) is 19.3 Å². The Kier molecular flexibility index (Phi) is 3.06. The van der Waals surface area contributed by atoms with Crippen molar-refractivity contribution in [3.63, 3.8) is 0 Å². The van der Waals surface area contributed by atoms with E-state index in [2.05, 4.69) is 27.3 Å². The summed E-state index contributed by atoms with van der Waals surface area (Å²) in [6, 6.07) is 2.06. The first-order valence-electron chi connectivity index (χ1n) is 4.78. The van der Waals surface area contributed by atoms with Gasteiger partial charge in [-0.15, -0.1) is 0 Å². The van der Waals surface area contributed by atoms with E-state index in [1.54, 1.807) is 6.26 Å². The molecule has 1 fully saturated rings. The highest BCUT2D eigenvalue weighted by Gasteiger charge is 2.14. The Morgan fingerprint density at radius 3 is 3.15 bits per heavy atom. The lowest BCUT2D eigenvalue weighted by Crippen LogP contribution is -2.30. The van der Waals surface area contributed by atoms with Gasteiger partial charge < -0.3 is 9.73 Å². The topological polar surface area (TPSA) is 25.2 Å². The molecule has 0 radical (unpaired) electrons. The molecule has 0 spiro atoms. The molecule has 1 saturated heterocycles. The van der Waals surface area contributed by atoms with Gasteiger partial charge in [0.25, 0.3) is 0 Å². The number of hydrogen-bond donors (Lipinski definition) is 1. The number of piperidine rings is 1. The van der Waals surface area contributed by atoms with Crippen LogP contribution in [0.5, 0.6) is 0 Å². The fourth-order valence-corrected chi connectivity index (χ4v) is 2.19. The zero-order valence-electron chi connectivity index (χ0n) is 7.55. The van der Waals surface area contributed by atoms with Crippen molar-refractivity contribution in [2.75, 3.05) is 13.1 Å². The summed E-state index contributed by atoms with van der Waals surface area (Å²) in [6.07, 6.45) is 5.45. The van der Waals surface area contributed by atoms with E-state index < -0.39 is 0 Å². The van der Waals surface area contributed by atoms with Gasteiger partial charge in [-0.2, -0.15) is 0 Å². The van der Waals surface area contributed by atoms with Crippen molar-refractivity contribution in [1.29, 1.82) is 0 Å². The van der Waals surface area contributed by atoms with Crippen LogP contribution in [-0.2, 0) is 6.42 Å². The summed E-state index contributed by atoms with van der Waals surface area (Å²) >= 11 is 3.39. The standard InChI is InChI=1S/C10H14BrNO/c11-9-5-10(13-7-9)4-8-2-1-3-12-6-8/h5,7-8,12H,1-4,6H2. The van der Waals surface area contributed by atoms with E-state index in [-0.39, 0.29) is 0 Å². The summed E-state index contributed by atoms with van der Waals surface area (Å²) in [5, 5.41) is 3.41. The molecule has 0 bridgehead atoms. The molecule has 2 heterocycles. The van der Waals surface area contributed by atoms with E-state index >= 15 is 0 Å². The van der Waals surface area contributed by atoms with Crippen LogP contribution in [0.25, 0.3) is 0 Å². The lowest BCUT2D eigenvalue weighted by molar-refractivity contribution is 0.350. The second-order valence-corrected chi connectivity index (χ2v) is 4.56. The molecule has 0 saturated carbocycles. The molecule has 0 amide bonds. The first-order valence-corrected chi connectivity index (χ1v) is 5.57. The van der Waals surface area contributed by atoms with Crippen LogP contribution in [-0.4, -0.2) is 13.1 Å². The van der Waals surface area contributed by atoms with Gasteiger partial charge in [-0.1, -0.05) is 0 Å². The van der Waals surface area contributed by atoms with Crippen molar-refractivity contribution in [2.24, 2.45) is 5.92 Å². The van der Waals surface area contributed by atoms with Crippen LogP contribution in [0.3, 0.4) is 0 Å². The first kappa shape index (κ1) is 9.28. The predicted octanol–water partition coefficient (Wildman–Crippen LogP) is 2.58. The molecular formula is C10H14BrNO. The second kappa shape index (κ2) is 4.29. The molecule has 0 aliphatic carbocycles. The van der Waals surface area contributed by atoms with Crippen LogP contribution in [0, 0.1) is 5.92 Å². The van der Waals surface area contributed by atoms with Crippen LogP contribution in [0.4, 0.5) is 0 Å². The fraction of sp³-hybridized carbons (Fsp3) is 0.600. The molecule has 2 nitrogen and oxygen atoms in total. The summed E-state index contributed by atoms with van der Waals surface area (Å²) in [5.41, 5.74) is 0. The third-order valence-corrected chi connectivity index (χ3v) is 2.93. The van der Waals surface area contributed by atoms with Crippen LogP contribution < -0.4 is 5.32 Å². The molecule has 1 aromatic rings. The Morgan fingerprint density at radius 1 is 1.62 bits per heavy atom. The largest absolute Gasteiger partial charge is 0.468 e. The molecule has 1 unspecified atom stereocenters. The molecule has 0 aromatic carbocycles. The van der Waals surface area contributed by atoms with Gasteiger partial charge in [0.15, 0.2) is 0 Å². The van der Waals surface area contributed by atoms with E-state index in [1.807, 2.05) is 0 Å². The maximum absolute atomic E-state index is 5.39. The van der Waals surface area contributed by atoms with E-state index in [1.165, 1.54) is 19.4 Å². The van der Waals surface area contributed by atoms with Crippen LogP contribution in [0.2, 0.25) is 0 Å². The first-order chi connectivity index (χ1) is 6.34. The minimum atomic E-state index is 0.756. The zero-order chi connectivity index (χ0) is 9.10. The highest BCUT2D eigenvalue weighted by Crippen LogP contribution is 2.20. The van der Waals surface area contributed by atoms with Crippen LogP contribution >= 0.6 is 15.9 Å². The third kappa shape index (κ3) is 2.58. The Bertz CT molecular complexity index is 266. The van der Waals surface area contributed by atoms with Crippen molar-refractivity contribution in [3.8, 4) is 0 Å². The van der Waals surface area contributed by atoms with Gasteiger partial charge in [0, 0.05) is 6.42 Å². The highest BCUT2D eigenvalue weighted by atomic mass is 79.9. The summed E-state index contributed by atoms with van der Waals surface area (Å²) in [6.45, 7) is 2.32. The SMILES string of the molecule is Brc1coc(CC2CCCNC2)c1. The molecule has 1 aliphatic rings. The minimum absolute atomic E-state index is 0.756. The lowest BCUT2D eigenvalue weighted by Gasteiger charge is -2.21. The van der Waals surface area contributed by atoms with Gasteiger partial charge in [0.1, 0.15) is 12.0 Å².